The van der Waals surface area contributed by atoms with Crippen molar-refractivity contribution >= 4 is 38.4 Å². The van der Waals surface area contributed by atoms with Crippen molar-refractivity contribution in [2.45, 2.75) is 20.5 Å². The Hall–Kier alpha value is -2.91. The fourth-order valence-electron chi connectivity index (χ4n) is 3.17. The lowest BCUT2D eigenvalue weighted by Gasteiger charge is -2.20. The van der Waals surface area contributed by atoms with Crippen LogP contribution in [-0.4, -0.2) is 47.3 Å². The molecule has 0 radical (unpaired) electrons. The van der Waals surface area contributed by atoms with Crippen LogP contribution in [0.3, 0.4) is 0 Å². The topological polar surface area (TPSA) is 88.7 Å². The highest BCUT2D eigenvalue weighted by atomic mass is 79.9. The van der Waals surface area contributed by atoms with E-state index in [1.807, 2.05) is 24.3 Å². The summed E-state index contributed by atoms with van der Waals surface area (Å²) in [4.78, 5) is 14.4. The van der Waals surface area contributed by atoms with Gasteiger partial charge in [0.1, 0.15) is 0 Å². The normalized spacial score (nSPS) is 11.5. The Morgan fingerprint density at radius 3 is 2.55 bits per heavy atom. The second-order valence-electron chi connectivity index (χ2n) is 6.74. The molecule has 0 bridgehead atoms. The molecule has 1 aromatic heterocycles. The lowest BCUT2D eigenvalue weighted by Crippen LogP contribution is -2.25. The highest BCUT2D eigenvalue weighted by Crippen LogP contribution is 2.40. The van der Waals surface area contributed by atoms with Crippen LogP contribution in [0.1, 0.15) is 13.8 Å². The van der Waals surface area contributed by atoms with E-state index in [1.165, 1.54) is 7.11 Å². The van der Waals surface area contributed by atoms with Gasteiger partial charge in [-0.2, -0.15) is 0 Å². The predicted molar refractivity (Wildman–Crippen MR) is 122 cm³/mol. The Labute approximate surface area is 189 Å². The highest BCUT2D eigenvalue weighted by Gasteiger charge is 2.19. The molecule has 0 aliphatic heterocycles. The van der Waals surface area contributed by atoms with Crippen molar-refractivity contribution in [1.29, 1.82) is 0 Å². The number of halogens is 1. The van der Waals surface area contributed by atoms with Crippen LogP contribution in [0.2, 0.25) is 0 Å². The van der Waals surface area contributed by atoms with E-state index in [-0.39, 0.29) is 18.2 Å². The number of benzene rings is 2. The molecule has 1 heterocycles. The van der Waals surface area contributed by atoms with E-state index in [4.69, 9.17) is 9.47 Å². The maximum Gasteiger partial charge on any atom is 0.302 e. The summed E-state index contributed by atoms with van der Waals surface area (Å²) in [7, 11) is 1.53. The minimum absolute atomic E-state index is 0.0396. The zero-order valence-electron chi connectivity index (χ0n) is 17.7. The fraction of sp³-hybridized carbons (Fsp3) is 0.318. The summed E-state index contributed by atoms with van der Waals surface area (Å²) in [5.41, 5.74) is 1.05. The number of hydrogen-bond acceptors (Lipinski definition) is 6. The molecule has 0 saturated carbocycles. The van der Waals surface area contributed by atoms with E-state index < -0.39 is 5.91 Å². The lowest BCUT2D eigenvalue weighted by molar-refractivity contribution is -0.120. The summed E-state index contributed by atoms with van der Waals surface area (Å²) in [5.74, 6) is 0.345. The average molecular weight is 489 g/mol. The van der Waals surface area contributed by atoms with E-state index in [1.54, 1.807) is 22.8 Å². The molecule has 9 heteroatoms. The van der Waals surface area contributed by atoms with Crippen molar-refractivity contribution in [1.82, 2.24) is 9.47 Å². The van der Waals surface area contributed by atoms with Gasteiger partial charge in [-0.15, -0.1) is 10.2 Å². The van der Waals surface area contributed by atoms with Crippen LogP contribution in [0.15, 0.2) is 57.2 Å². The quantitative estimate of drug-likeness (QED) is 0.422. The van der Waals surface area contributed by atoms with Gasteiger partial charge in [-0.3, -0.25) is 14.3 Å². The number of aromatic nitrogens is 1. The van der Waals surface area contributed by atoms with Crippen molar-refractivity contribution in [2.75, 3.05) is 26.8 Å². The molecule has 0 saturated heterocycles. The first-order valence-corrected chi connectivity index (χ1v) is 10.7. The number of amides is 1. The Balaban J connectivity index is 1.84. The molecular weight excluding hydrogens is 464 g/mol. The van der Waals surface area contributed by atoms with Gasteiger partial charge in [0.2, 0.25) is 5.88 Å². The molecule has 1 amide bonds. The third-order valence-corrected chi connectivity index (χ3v) is 5.38. The molecule has 0 aliphatic carbocycles. The van der Waals surface area contributed by atoms with Crippen LogP contribution in [0, 0.1) is 0 Å². The number of nitrogens with zero attached hydrogens (tertiary/aromatic N) is 4. The molecule has 1 N–H and O–H groups in total. The van der Waals surface area contributed by atoms with Gasteiger partial charge in [-0.25, -0.2) is 0 Å². The number of aromatic hydroxyl groups is 1. The fourth-order valence-corrected chi connectivity index (χ4v) is 3.53. The van der Waals surface area contributed by atoms with Crippen molar-refractivity contribution in [3.05, 3.63) is 46.9 Å². The monoisotopic (exact) mass is 488 g/mol. The average Bonchev–Trinajstić information content (AvgIpc) is 3.04. The summed E-state index contributed by atoms with van der Waals surface area (Å²) < 4.78 is 13.3. The van der Waals surface area contributed by atoms with Gasteiger partial charge in [0.25, 0.3) is 0 Å². The van der Waals surface area contributed by atoms with Crippen molar-refractivity contribution in [2.24, 2.45) is 10.2 Å². The van der Waals surface area contributed by atoms with E-state index >= 15 is 0 Å². The summed E-state index contributed by atoms with van der Waals surface area (Å²) in [6, 6.07) is 12.7. The number of rotatable bonds is 9. The first-order valence-electron chi connectivity index (χ1n) is 9.91. The number of methoxy groups -OCH3 is 1. The SMILES string of the molecule is CCN(CC)Cn1c(O)c(N=NC(=O)COc2ccccc2OC)c2cc(Br)ccc21. The Kier molecular flexibility index (Phi) is 7.64. The standard InChI is InChI=1S/C22H25BrN4O4/c1-4-26(5-2)14-27-17-11-10-15(23)12-16(17)21(22(27)29)25-24-20(28)13-31-19-9-7-6-8-18(19)30-3/h6-12,29H,4-5,13-14H2,1-3H3. The maximum atomic E-state index is 12.2. The molecule has 8 nitrogen and oxygen atoms in total. The van der Waals surface area contributed by atoms with E-state index in [0.717, 1.165) is 23.1 Å². The van der Waals surface area contributed by atoms with E-state index in [0.29, 0.717) is 23.6 Å². The first kappa shape index (κ1) is 22.8. The molecule has 0 unspecified atom stereocenters. The Bertz CT molecular complexity index is 1090. The van der Waals surface area contributed by atoms with Crippen LogP contribution >= 0.6 is 15.9 Å². The molecule has 2 aromatic carbocycles. The van der Waals surface area contributed by atoms with Crippen LogP contribution in [0.4, 0.5) is 5.69 Å². The highest BCUT2D eigenvalue weighted by molar-refractivity contribution is 9.10. The van der Waals surface area contributed by atoms with Gasteiger partial charge in [0.05, 0.1) is 19.3 Å². The van der Waals surface area contributed by atoms with Crippen molar-refractivity contribution in [3.8, 4) is 17.4 Å². The molecule has 0 aliphatic rings. The number of carbonyl (C=O) groups excluding carboxylic acids is 1. The van der Waals surface area contributed by atoms with Crippen molar-refractivity contribution in [3.63, 3.8) is 0 Å². The third kappa shape index (κ3) is 5.23. The summed E-state index contributed by atoms with van der Waals surface area (Å²) in [6.45, 7) is 5.99. The van der Waals surface area contributed by atoms with Crippen molar-refractivity contribution < 1.29 is 19.4 Å². The van der Waals surface area contributed by atoms with Gasteiger partial charge in [-0.05, 0) is 43.4 Å². The number of carbonyl (C=O) groups is 1. The summed E-state index contributed by atoms with van der Waals surface area (Å²) in [5, 5.41) is 19.4. The summed E-state index contributed by atoms with van der Waals surface area (Å²) in [6.07, 6.45) is 0. The van der Waals surface area contributed by atoms with Gasteiger partial charge in [0.15, 0.2) is 23.8 Å². The number of hydrogen-bond donors (Lipinski definition) is 1. The smallest absolute Gasteiger partial charge is 0.302 e. The minimum atomic E-state index is -0.579. The number of fused-ring (bicyclic) bond motifs is 1. The third-order valence-electron chi connectivity index (χ3n) is 4.89. The molecule has 31 heavy (non-hydrogen) atoms. The largest absolute Gasteiger partial charge is 0.493 e. The lowest BCUT2D eigenvalue weighted by atomic mass is 10.2. The molecule has 0 fully saturated rings. The number of para-hydroxylation sites is 2. The van der Waals surface area contributed by atoms with Crippen LogP contribution in [0.5, 0.6) is 17.4 Å². The molecule has 0 atom stereocenters. The zero-order chi connectivity index (χ0) is 22.4. The van der Waals surface area contributed by atoms with Gasteiger partial charge >= 0.3 is 5.91 Å². The maximum absolute atomic E-state index is 12.2. The number of ether oxygens (including phenoxy) is 2. The molecule has 164 valence electrons. The molecule has 3 aromatic rings. The molecular formula is C22H25BrN4O4. The zero-order valence-corrected chi connectivity index (χ0v) is 19.3. The van der Waals surface area contributed by atoms with Gasteiger partial charge in [-0.1, -0.05) is 41.9 Å². The van der Waals surface area contributed by atoms with Crippen LogP contribution in [-0.2, 0) is 11.5 Å². The van der Waals surface area contributed by atoms with Crippen LogP contribution in [0.25, 0.3) is 10.9 Å². The Morgan fingerprint density at radius 2 is 1.87 bits per heavy atom. The molecule has 3 rings (SSSR count). The van der Waals surface area contributed by atoms with E-state index in [2.05, 4.69) is 44.9 Å². The molecule has 0 spiro atoms. The predicted octanol–water partition coefficient (Wildman–Crippen LogP) is 5.11. The van der Waals surface area contributed by atoms with Gasteiger partial charge in [0, 0.05) is 9.86 Å². The second-order valence-corrected chi connectivity index (χ2v) is 7.66. The number of azo groups is 1. The van der Waals surface area contributed by atoms with Gasteiger partial charge < -0.3 is 14.6 Å². The summed E-state index contributed by atoms with van der Waals surface area (Å²) >= 11 is 3.45. The Morgan fingerprint density at radius 1 is 1.16 bits per heavy atom. The second kappa shape index (κ2) is 10.4. The first-order chi connectivity index (χ1) is 15.0. The van der Waals surface area contributed by atoms with Crippen LogP contribution < -0.4 is 9.47 Å². The minimum Gasteiger partial charge on any atom is -0.493 e. The van der Waals surface area contributed by atoms with E-state index in [9.17, 15) is 9.90 Å².